The molecule has 1 aliphatic rings. The second-order valence-corrected chi connectivity index (χ2v) is 3.84. The second-order valence-electron chi connectivity index (χ2n) is 3.84. The minimum Gasteiger partial charge on any atom is -0.372 e. The number of aromatic nitrogens is 3. The number of nitrogens with zero attached hydrogens (tertiary/aromatic N) is 3. The topological polar surface area (TPSA) is 66.0 Å². The minimum atomic E-state index is 0.532. The summed E-state index contributed by atoms with van der Waals surface area (Å²) in [6.07, 6.45) is 4.77. The maximum absolute atomic E-state index is 5.39. The van der Waals surface area contributed by atoms with Crippen LogP contribution in [0.2, 0.25) is 0 Å². The zero-order chi connectivity index (χ0) is 10.5. The zero-order valence-electron chi connectivity index (χ0n) is 8.98. The molecule has 0 amide bonds. The van der Waals surface area contributed by atoms with Crippen molar-refractivity contribution in [3.63, 3.8) is 0 Å². The number of aryl methyl sites for hydroxylation is 1. The van der Waals surface area contributed by atoms with E-state index in [9.17, 15) is 0 Å². The van der Waals surface area contributed by atoms with Crippen LogP contribution >= 0.6 is 0 Å². The number of fused-ring (bicyclic) bond motifs is 1. The Morgan fingerprint density at radius 2 is 2.20 bits per heavy atom. The molecule has 1 aromatic heterocycles. The van der Waals surface area contributed by atoms with Crippen LogP contribution in [-0.2, 0) is 24.3 Å². The van der Waals surface area contributed by atoms with Crippen LogP contribution in [0.4, 0.5) is 0 Å². The third-order valence-electron chi connectivity index (χ3n) is 2.68. The molecule has 1 aromatic rings. The van der Waals surface area contributed by atoms with Crippen LogP contribution in [-0.4, -0.2) is 27.9 Å². The molecule has 5 nitrogen and oxygen atoms in total. The standard InChI is InChI=1S/C10H18N4O/c11-5-7-15-8-10-13-12-9-4-2-1-3-6-14(9)10/h1-8,11H2. The first-order valence-electron chi connectivity index (χ1n) is 5.60. The molecule has 5 heteroatoms. The zero-order valence-corrected chi connectivity index (χ0v) is 8.98. The molecule has 15 heavy (non-hydrogen) atoms. The van der Waals surface area contributed by atoms with Crippen molar-refractivity contribution in [3.05, 3.63) is 11.6 Å². The van der Waals surface area contributed by atoms with Crippen LogP contribution in [0.15, 0.2) is 0 Å². The van der Waals surface area contributed by atoms with Crippen molar-refractivity contribution in [2.24, 2.45) is 5.73 Å². The van der Waals surface area contributed by atoms with Gasteiger partial charge in [-0.15, -0.1) is 10.2 Å². The van der Waals surface area contributed by atoms with Gasteiger partial charge in [0.25, 0.3) is 0 Å². The number of nitrogens with two attached hydrogens (primary N) is 1. The molecule has 0 saturated heterocycles. The maximum atomic E-state index is 5.39. The van der Waals surface area contributed by atoms with E-state index in [0.717, 1.165) is 24.6 Å². The highest BCUT2D eigenvalue weighted by atomic mass is 16.5. The summed E-state index contributed by atoms with van der Waals surface area (Å²) in [6, 6.07) is 0. The van der Waals surface area contributed by atoms with Crippen LogP contribution in [0, 0.1) is 0 Å². The molecule has 0 aromatic carbocycles. The van der Waals surface area contributed by atoms with Gasteiger partial charge in [-0.05, 0) is 12.8 Å². The van der Waals surface area contributed by atoms with E-state index in [1.165, 1.54) is 19.3 Å². The molecule has 0 aliphatic carbocycles. The van der Waals surface area contributed by atoms with Gasteiger partial charge in [-0.25, -0.2) is 0 Å². The monoisotopic (exact) mass is 210 g/mol. The third kappa shape index (κ3) is 2.54. The van der Waals surface area contributed by atoms with E-state index in [2.05, 4.69) is 14.8 Å². The van der Waals surface area contributed by atoms with Gasteiger partial charge in [0.2, 0.25) is 0 Å². The summed E-state index contributed by atoms with van der Waals surface area (Å²) >= 11 is 0. The summed E-state index contributed by atoms with van der Waals surface area (Å²) in [4.78, 5) is 0. The quantitative estimate of drug-likeness (QED) is 0.734. The van der Waals surface area contributed by atoms with Gasteiger partial charge in [0.05, 0.1) is 6.61 Å². The first-order chi connectivity index (χ1) is 7.42. The summed E-state index contributed by atoms with van der Waals surface area (Å²) < 4.78 is 7.58. The lowest BCUT2D eigenvalue weighted by Crippen LogP contribution is -2.11. The van der Waals surface area contributed by atoms with Gasteiger partial charge in [-0.1, -0.05) is 6.42 Å². The Bertz CT molecular complexity index is 310. The summed E-state index contributed by atoms with van der Waals surface area (Å²) in [5.41, 5.74) is 5.36. The Balaban J connectivity index is 2.01. The largest absolute Gasteiger partial charge is 0.372 e. The SMILES string of the molecule is NCCOCc1nnc2n1CCCCC2. The number of hydrogen-bond acceptors (Lipinski definition) is 4. The van der Waals surface area contributed by atoms with Crippen LogP contribution < -0.4 is 5.73 Å². The van der Waals surface area contributed by atoms with E-state index in [0.29, 0.717) is 19.8 Å². The van der Waals surface area contributed by atoms with Crippen molar-refractivity contribution >= 4 is 0 Å². The van der Waals surface area contributed by atoms with E-state index >= 15 is 0 Å². The molecule has 0 unspecified atom stereocenters. The van der Waals surface area contributed by atoms with Crippen LogP contribution in [0.5, 0.6) is 0 Å². The Labute approximate surface area is 89.6 Å². The molecule has 2 N–H and O–H groups in total. The highest BCUT2D eigenvalue weighted by Crippen LogP contribution is 2.14. The number of hydrogen-bond donors (Lipinski definition) is 1. The first-order valence-corrected chi connectivity index (χ1v) is 5.60. The normalized spacial score (nSPS) is 16.1. The van der Waals surface area contributed by atoms with Crippen molar-refractivity contribution in [2.75, 3.05) is 13.2 Å². The molecule has 0 atom stereocenters. The molecule has 0 saturated carbocycles. The Kier molecular flexibility index (Phi) is 3.69. The van der Waals surface area contributed by atoms with Crippen molar-refractivity contribution in [2.45, 2.75) is 38.8 Å². The highest BCUT2D eigenvalue weighted by molar-refractivity contribution is 4.96. The lowest BCUT2D eigenvalue weighted by molar-refractivity contribution is 0.119. The minimum absolute atomic E-state index is 0.532. The van der Waals surface area contributed by atoms with Crippen LogP contribution in [0.3, 0.4) is 0 Å². The fourth-order valence-electron chi connectivity index (χ4n) is 1.90. The van der Waals surface area contributed by atoms with Crippen LogP contribution in [0.25, 0.3) is 0 Å². The van der Waals surface area contributed by atoms with Crippen molar-refractivity contribution in [1.29, 1.82) is 0 Å². The summed E-state index contributed by atoms with van der Waals surface area (Å²) in [5, 5.41) is 8.36. The average Bonchev–Trinajstić information content (AvgIpc) is 2.50. The second kappa shape index (κ2) is 5.23. The molecule has 84 valence electrons. The van der Waals surface area contributed by atoms with E-state index in [1.807, 2.05) is 0 Å². The number of rotatable bonds is 4. The van der Waals surface area contributed by atoms with Gasteiger partial charge >= 0.3 is 0 Å². The molecule has 0 bridgehead atoms. The smallest absolute Gasteiger partial charge is 0.159 e. The molecule has 2 rings (SSSR count). The lowest BCUT2D eigenvalue weighted by atomic mass is 10.2. The van der Waals surface area contributed by atoms with E-state index in [4.69, 9.17) is 10.5 Å². The van der Waals surface area contributed by atoms with E-state index in [-0.39, 0.29) is 0 Å². The predicted octanol–water partition coefficient (Wildman–Crippen LogP) is 0.480. The highest BCUT2D eigenvalue weighted by Gasteiger charge is 2.14. The summed E-state index contributed by atoms with van der Waals surface area (Å²) in [7, 11) is 0. The molecular formula is C10H18N4O. The predicted molar refractivity (Wildman–Crippen MR) is 56.3 cm³/mol. The first kappa shape index (κ1) is 10.6. The van der Waals surface area contributed by atoms with E-state index < -0.39 is 0 Å². The van der Waals surface area contributed by atoms with Gasteiger partial charge in [0, 0.05) is 19.5 Å². The van der Waals surface area contributed by atoms with Crippen LogP contribution in [0.1, 0.15) is 30.9 Å². The molecule has 1 aliphatic heterocycles. The molecular weight excluding hydrogens is 192 g/mol. The van der Waals surface area contributed by atoms with Gasteiger partial charge in [-0.2, -0.15) is 0 Å². The molecule has 0 fully saturated rings. The van der Waals surface area contributed by atoms with E-state index in [1.54, 1.807) is 0 Å². The summed E-state index contributed by atoms with van der Waals surface area (Å²) in [5.74, 6) is 2.05. The molecule has 0 spiro atoms. The van der Waals surface area contributed by atoms with Gasteiger partial charge < -0.3 is 15.0 Å². The van der Waals surface area contributed by atoms with Gasteiger partial charge in [-0.3, -0.25) is 0 Å². The van der Waals surface area contributed by atoms with Crippen molar-refractivity contribution in [3.8, 4) is 0 Å². The Hall–Kier alpha value is -0.940. The average molecular weight is 210 g/mol. The lowest BCUT2D eigenvalue weighted by Gasteiger charge is -2.06. The fourth-order valence-corrected chi connectivity index (χ4v) is 1.90. The Morgan fingerprint density at radius 3 is 3.07 bits per heavy atom. The summed E-state index contributed by atoms with van der Waals surface area (Å²) in [6.45, 7) is 2.71. The van der Waals surface area contributed by atoms with Crippen molar-refractivity contribution in [1.82, 2.24) is 14.8 Å². The van der Waals surface area contributed by atoms with Gasteiger partial charge in [0.15, 0.2) is 5.82 Å². The molecule has 2 heterocycles. The van der Waals surface area contributed by atoms with Gasteiger partial charge in [0.1, 0.15) is 12.4 Å². The fraction of sp³-hybridized carbons (Fsp3) is 0.800. The number of ether oxygens (including phenoxy) is 1. The Morgan fingerprint density at radius 1 is 1.27 bits per heavy atom. The van der Waals surface area contributed by atoms with Crippen molar-refractivity contribution < 1.29 is 4.74 Å². The maximum Gasteiger partial charge on any atom is 0.159 e. The third-order valence-corrected chi connectivity index (χ3v) is 2.68. The molecule has 0 radical (unpaired) electrons.